The fourth-order valence-electron chi connectivity index (χ4n) is 1.33. The van der Waals surface area contributed by atoms with Crippen LogP contribution in [0.15, 0.2) is 22.7 Å². The van der Waals surface area contributed by atoms with Crippen LogP contribution in [-0.2, 0) is 9.53 Å². The first-order valence-electron chi connectivity index (χ1n) is 5.04. The van der Waals surface area contributed by atoms with Gasteiger partial charge in [-0.1, -0.05) is 6.07 Å². The maximum atomic E-state index is 12.0. The average molecular weight is 300 g/mol. The zero-order valence-corrected chi connectivity index (χ0v) is 11.6. The molecule has 0 saturated heterocycles. The van der Waals surface area contributed by atoms with Crippen LogP contribution in [0.5, 0.6) is 0 Å². The molecule has 1 rings (SSSR count). The Balaban J connectivity index is 2.85. The molecule has 0 radical (unpaired) electrons. The molecule has 0 spiro atoms. The van der Waals surface area contributed by atoms with E-state index in [2.05, 4.69) is 20.7 Å². The molecule has 0 aliphatic carbocycles. The van der Waals surface area contributed by atoms with Gasteiger partial charge in [0.15, 0.2) is 0 Å². The number of aryl methyl sites for hydroxylation is 1. The lowest BCUT2D eigenvalue weighted by atomic mass is 10.1. The monoisotopic (exact) mass is 299 g/mol. The molecule has 4 nitrogen and oxygen atoms in total. The van der Waals surface area contributed by atoms with Crippen molar-refractivity contribution in [3.8, 4) is 0 Å². The summed E-state index contributed by atoms with van der Waals surface area (Å²) in [6.45, 7) is 1.88. The molecule has 1 aromatic carbocycles. The minimum absolute atomic E-state index is 0.0599. The molecule has 1 aromatic rings. The molecule has 0 unspecified atom stereocenters. The van der Waals surface area contributed by atoms with Crippen LogP contribution in [0.1, 0.15) is 15.9 Å². The molecule has 5 heteroatoms. The molecular weight excluding hydrogens is 286 g/mol. The molecule has 0 aliphatic heterocycles. The number of hydrogen-bond acceptors (Lipinski definition) is 3. The summed E-state index contributed by atoms with van der Waals surface area (Å²) in [6, 6.07) is 5.44. The van der Waals surface area contributed by atoms with Gasteiger partial charge >= 0.3 is 5.97 Å². The summed E-state index contributed by atoms with van der Waals surface area (Å²) in [7, 11) is 2.86. The molecule has 1 amide bonds. The number of benzene rings is 1. The molecule has 0 atom stereocenters. The molecule has 0 bridgehead atoms. The lowest BCUT2D eigenvalue weighted by Crippen LogP contribution is -2.32. The first-order valence-corrected chi connectivity index (χ1v) is 5.83. The van der Waals surface area contributed by atoms with Crippen LogP contribution in [0, 0.1) is 6.92 Å². The fraction of sp³-hybridized carbons (Fsp3) is 0.333. The highest BCUT2D eigenvalue weighted by Crippen LogP contribution is 2.19. The third kappa shape index (κ3) is 3.56. The van der Waals surface area contributed by atoms with Crippen molar-refractivity contribution in [3.63, 3.8) is 0 Å². The number of ether oxygens (including phenoxy) is 1. The average Bonchev–Trinajstić information content (AvgIpc) is 2.28. The summed E-state index contributed by atoms with van der Waals surface area (Å²) in [4.78, 5) is 24.4. The van der Waals surface area contributed by atoms with Crippen LogP contribution >= 0.6 is 15.9 Å². The van der Waals surface area contributed by atoms with E-state index >= 15 is 0 Å². The molecule has 0 N–H and O–H groups in total. The smallest absolute Gasteiger partial charge is 0.325 e. The Kier molecular flexibility index (Phi) is 4.69. The Labute approximate surface area is 109 Å². The number of halogens is 1. The maximum Gasteiger partial charge on any atom is 0.325 e. The minimum Gasteiger partial charge on any atom is -0.468 e. The maximum absolute atomic E-state index is 12.0. The predicted octanol–water partition coefficient (Wildman–Crippen LogP) is 2.00. The van der Waals surface area contributed by atoms with E-state index in [4.69, 9.17) is 0 Å². The predicted molar refractivity (Wildman–Crippen MR) is 67.9 cm³/mol. The van der Waals surface area contributed by atoms with Gasteiger partial charge in [-0.15, -0.1) is 0 Å². The van der Waals surface area contributed by atoms with Gasteiger partial charge in [-0.25, -0.2) is 0 Å². The normalized spacial score (nSPS) is 9.88. The van der Waals surface area contributed by atoms with Crippen molar-refractivity contribution >= 4 is 27.8 Å². The highest BCUT2D eigenvalue weighted by Gasteiger charge is 2.17. The molecule has 0 saturated carbocycles. The van der Waals surface area contributed by atoms with Crippen LogP contribution in [0.25, 0.3) is 0 Å². The van der Waals surface area contributed by atoms with Crippen molar-refractivity contribution < 1.29 is 14.3 Å². The van der Waals surface area contributed by atoms with Crippen molar-refractivity contribution in [2.45, 2.75) is 6.92 Å². The SMILES string of the molecule is COC(=O)CN(C)C(=O)c1ccc(C)cc1Br. The number of hydrogen-bond donors (Lipinski definition) is 0. The van der Waals surface area contributed by atoms with E-state index in [0.717, 1.165) is 10.0 Å². The first-order chi connectivity index (χ1) is 7.95. The third-order valence-electron chi connectivity index (χ3n) is 2.30. The van der Waals surface area contributed by atoms with Crippen LogP contribution < -0.4 is 0 Å². The molecule has 0 aliphatic rings. The molecular formula is C12H14BrNO3. The van der Waals surface area contributed by atoms with Crippen LogP contribution in [0.4, 0.5) is 0 Å². The standard InChI is InChI=1S/C12H14BrNO3/c1-8-4-5-9(10(13)6-8)12(16)14(2)7-11(15)17-3/h4-6H,7H2,1-3H3. The zero-order chi connectivity index (χ0) is 13.0. The quantitative estimate of drug-likeness (QED) is 0.802. The molecule has 0 aromatic heterocycles. The summed E-state index contributed by atoms with van der Waals surface area (Å²) in [5.74, 6) is -0.661. The second kappa shape index (κ2) is 5.82. The topological polar surface area (TPSA) is 46.6 Å². The Morgan fingerprint density at radius 2 is 2.06 bits per heavy atom. The van der Waals surface area contributed by atoms with E-state index in [9.17, 15) is 9.59 Å². The van der Waals surface area contributed by atoms with E-state index in [1.165, 1.54) is 12.0 Å². The Morgan fingerprint density at radius 3 is 2.59 bits per heavy atom. The Morgan fingerprint density at radius 1 is 1.41 bits per heavy atom. The Bertz CT molecular complexity index is 445. The summed E-state index contributed by atoms with van der Waals surface area (Å²) < 4.78 is 5.23. The number of amides is 1. The van der Waals surface area contributed by atoms with E-state index in [1.54, 1.807) is 13.1 Å². The summed E-state index contributed by atoms with van der Waals surface area (Å²) in [5, 5.41) is 0. The van der Waals surface area contributed by atoms with Gasteiger partial charge in [0.1, 0.15) is 6.54 Å². The van der Waals surface area contributed by atoms with Crippen LogP contribution in [-0.4, -0.2) is 37.5 Å². The summed E-state index contributed by atoms with van der Waals surface area (Å²) >= 11 is 3.34. The van der Waals surface area contributed by atoms with Gasteiger partial charge in [0.25, 0.3) is 5.91 Å². The van der Waals surface area contributed by atoms with Crippen LogP contribution in [0.3, 0.4) is 0 Å². The number of methoxy groups -OCH3 is 1. The second-order valence-corrected chi connectivity index (χ2v) is 4.57. The second-order valence-electron chi connectivity index (χ2n) is 3.72. The highest BCUT2D eigenvalue weighted by molar-refractivity contribution is 9.10. The third-order valence-corrected chi connectivity index (χ3v) is 2.95. The van der Waals surface area contributed by atoms with Crippen molar-refractivity contribution in [1.29, 1.82) is 0 Å². The van der Waals surface area contributed by atoms with Crippen molar-refractivity contribution in [1.82, 2.24) is 4.90 Å². The van der Waals surface area contributed by atoms with Gasteiger partial charge in [0.2, 0.25) is 0 Å². The molecule has 17 heavy (non-hydrogen) atoms. The van der Waals surface area contributed by atoms with E-state index in [0.29, 0.717) is 5.56 Å². The van der Waals surface area contributed by atoms with Gasteiger partial charge in [0.05, 0.1) is 12.7 Å². The number of carbonyl (C=O) groups excluding carboxylic acids is 2. The largest absolute Gasteiger partial charge is 0.468 e. The number of nitrogens with zero attached hydrogens (tertiary/aromatic N) is 1. The molecule has 92 valence electrons. The number of rotatable bonds is 3. The molecule has 0 fully saturated rings. The number of likely N-dealkylation sites (N-methyl/N-ethyl adjacent to an activating group) is 1. The van der Waals surface area contributed by atoms with E-state index in [-0.39, 0.29) is 12.5 Å². The number of esters is 1. The first kappa shape index (κ1) is 13.7. The van der Waals surface area contributed by atoms with Gasteiger partial charge in [-0.05, 0) is 40.5 Å². The fourth-order valence-corrected chi connectivity index (χ4v) is 1.99. The summed E-state index contributed by atoms with van der Waals surface area (Å²) in [5.41, 5.74) is 1.59. The van der Waals surface area contributed by atoms with Gasteiger partial charge in [-0.2, -0.15) is 0 Å². The van der Waals surface area contributed by atoms with Gasteiger partial charge in [0, 0.05) is 11.5 Å². The molecule has 0 heterocycles. The lowest BCUT2D eigenvalue weighted by Gasteiger charge is -2.16. The van der Waals surface area contributed by atoms with Crippen molar-refractivity contribution in [2.75, 3.05) is 20.7 Å². The van der Waals surface area contributed by atoms with Crippen LogP contribution in [0.2, 0.25) is 0 Å². The van der Waals surface area contributed by atoms with E-state index in [1.807, 2.05) is 19.1 Å². The minimum atomic E-state index is -0.441. The van der Waals surface area contributed by atoms with Gasteiger partial charge < -0.3 is 9.64 Å². The summed E-state index contributed by atoms with van der Waals surface area (Å²) in [6.07, 6.45) is 0. The van der Waals surface area contributed by atoms with Gasteiger partial charge in [-0.3, -0.25) is 9.59 Å². The van der Waals surface area contributed by atoms with Crippen molar-refractivity contribution in [2.24, 2.45) is 0 Å². The van der Waals surface area contributed by atoms with E-state index < -0.39 is 5.97 Å². The Hall–Kier alpha value is -1.36. The number of carbonyl (C=O) groups is 2. The highest BCUT2D eigenvalue weighted by atomic mass is 79.9. The van der Waals surface area contributed by atoms with Crippen molar-refractivity contribution in [3.05, 3.63) is 33.8 Å². The zero-order valence-electron chi connectivity index (χ0n) is 9.99. The lowest BCUT2D eigenvalue weighted by molar-refractivity contribution is -0.141.